The zero-order chi connectivity index (χ0) is 19.2. The Morgan fingerprint density at radius 1 is 1.15 bits per heavy atom. The Balaban J connectivity index is 1.47. The smallest absolute Gasteiger partial charge is 0.229 e. The third kappa shape index (κ3) is 3.52. The van der Waals surface area contributed by atoms with Crippen LogP contribution in [0.15, 0.2) is 24.3 Å². The minimum atomic E-state index is -0.111. The third-order valence-corrected chi connectivity index (χ3v) is 6.42. The minimum absolute atomic E-state index is 0.0424. The van der Waals surface area contributed by atoms with Crippen LogP contribution in [0.3, 0.4) is 0 Å². The highest BCUT2D eigenvalue weighted by molar-refractivity contribution is 5.81. The highest BCUT2D eigenvalue weighted by atomic mass is 16.5. The van der Waals surface area contributed by atoms with Crippen LogP contribution >= 0.6 is 0 Å². The molecule has 2 saturated heterocycles. The molecule has 27 heavy (non-hydrogen) atoms. The first-order chi connectivity index (χ1) is 12.9. The molecule has 1 saturated carbocycles. The van der Waals surface area contributed by atoms with Crippen LogP contribution < -0.4 is 20.5 Å². The fourth-order valence-corrected chi connectivity index (χ4v) is 4.75. The van der Waals surface area contributed by atoms with Crippen molar-refractivity contribution in [2.24, 2.45) is 11.8 Å². The molecule has 6 heteroatoms. The van der Waals surface area contributed by atoms with E-state index < -0.39 is 0 Å². The molecule has 0 radical (unpaired) electrons. The van der Waals surface area contributed by atoms with Gasteiger partial charge >= 0.3 is 0 Å². The van der Waals surface area contributed by atoms with Gasteiger partial charge in [-0.2, -0.15) is 0 Å². The van der Waals surface area contributed by atoms with Crippen molar-refractivity contribution in [2.45, 2.75) is 51.2 Å². The van der Waals surface area contributed by atoms with Gasteiger partial charge in [0, 0.05) is 37.4 Å². The van der Waals surface area contributed by atoms with Crippen molar-refractivity contribution < 1.29 is 9.53 Å². The Labute approximate surface area is 162 Å². The predicted molar refractivity (Wildman–Crippen MR) is 107 cm³/mol. The maximum absolute atomic E-state index is 13.4. The molecule has 2 N–H and O–H groups in total. The number of nitrogens with zero attached hydrogens (tertiary/aromatic N) is 2. The van der Waals surface area contributed by atoms with Gasteiger partial charge in [0.15, 0.2) is 0 Å². The average Bonchev–Trinajstić information content (AvgIpc) is 3.42. The standard InChI is InChI=1S/C21H32N4O2/c1-14-18(19(23-22-14)15-5-6-15)20(26)24-11-12-25(21(2,3)13-24)16-7-9-17(27-4)10-8-16/h7-10,14-15,18-19,22-23H,5-6,11-13H2,1-4H3. The lowest BCUT2D eigenvalue weighted by Crippen LogP contribution is -2.62. The van der Waals surface area contributed by atoms with Gasteiger partial charge in [0.1, 0.15) is 5.75 Å². The summed E-state index contributed by atoms with van der Waals surface area (Å²) in [7, 11) is 1.69. The highest BCUT2D eigenvalue weighted by Crippen LogP contribution is 2.39. The maximum Gasteiger partial charge on any atom is 0.229 e. The van der Waals surface area contributed by atoms with Gasteiger partial charge in [-0.3, -0.25) is 15.6 Å². The number of rotatable bonds is 4. The lowest BCUT2D eigenvalue weighted by molar-refractivity contribution is -0.137. The maximum atomic E-state index is 13.4. The van der Waals surface area contributed by atoms with Gasteiger partial charge in [0.05, 0.1) is 18.6 Å². The summed E-state index contributed by atoms with van der Waals surface area (Å²) < 4.78 is 5.28. The molecular weight excluding hydrogens is 340 g/mol. The fourth-order valence-electron chi connectivity index (χ4n) is 4.75. The lowest BCUT2D eigenvalue weighted by Gasteiger charge is -2.49. The summed E-state index contributed by atoms with van der Waals surface area (Å²) in [6.07, 6.45) is 2.49. The summed E-state index contributed by atoms with van der Waals surface area (Å²) in [6.45, 7) is 8.94. The zero-order valence-electron chi connectivity index (χ0n) is 16.9. The first-order valence-corrected chi connectivity index (χ1v) is 10.1. The first kappa shape index (κ1) is 18.6. The molecule has 3 fully saturated rings. The molecule has 3 atom stereocenters. The number of methoxy groups -OCH3 is 1. The molecule has 1 aromatic carbocycles. The molecule has 1 amide bonds. The van der Waals surface area contributed by atoms with Crippen molar-refractivity contribution in [3.05, 3.63) is 24.3 Å². The molecule has 0 aromatic heterocycles. The van der Waals surface area contributed by atoms with Gasteiger partial charge in [-0.05, 0) is 63.8 Å². The van der Waals surface area contributed by atoms with Crippen LogP contribution in [-0.4, -0.2) is 55.2 Å². The van der Waals surface area contributed by atoms with E-state index in [2.05, 4.69) is 53.6 Å². The number of piperazine rings is 1. The third-order valence-electron chi connectivity index (χ3n) is 6.42. The van der Waals surface area contributed by atoms with Crippen LogP contribution in [0.1, 0.15) is 33.6 Å². The largest absolute Gasteiger partial charge is 0.497 e. The summed E-state index contributed by atoms with van der Waals surface area (Å²) >= 11 is 0. The number of hydrogen-bond acceptors (Lipinski definition) is 5. The van der Waals surface area contributed by atoms with Gasteiger partial charge < -0.3 is 14.5 Å². The number of amides is 1. The molecule has 2 aliphatic heterocycles. The molecule has 148 valence electrons. The average molecular weight is 373 g/mol. The Morgan fingerprint density at radius 3 is 2.44 bits per heavy atom. The summed E-state index contributed by atoms with van der Waals surface area (Å²) in [5.41, 5.74) is 7.76. The number of ether oxygens (including phenoxy) is 1. The van der Waals surface area contributed by atoms with Crippen molar-refractivity contribution in [3.63, 3.8) is 0 Å². The second kappa shape index (κ2) is 6.99. The SMILES string of the molecule is COc1ccc(N2CCN(C(=O)C3C(C)NNC3C3CC3)CC2(C)C)cc1. The summed E-state index contributed by atoms with van der Waals surface area (Å²) in [4.78, 5) is 17.9. The highest BCUT2D eigenvalue weighted by Gasteiger charge is 2.48. The molecule has 0 bridgehead atoms. The number of hydrazine groups is 1. The van der Waals surface area contributed by atoms with E-state index in [1.54, 1.807) is 7.11 Å². The molecular formula is C21H32N4O2. The molecule has 4 rings (SSSR count). The van der Waals surface area contributed by atoms with E-state index in [1.807, 2.05) is 12.1 Å². The number of benzene rings is 1. The molecule has 6 nitrogen and oxygen atoms in total. The normalized spacial score (nSPS) is 30.4. The second-order valence-corrected chi connectivity index (χ2v) is 8.89. The van der Waals surface area contributed by atoms with Crippen LogP contribution in [0.25, 0.3) is 0 Å². The van der Waals surface area contributed by atoms with Gasteiger partial charge in [-0.15, -0.1) is 0 Å². The molecule has 1 aliphatic carbocycles. The molecule has 3 unspecified atom stereocenters. The molecule has 3 aliphatic rings. The fraction of sp³-hybridized carbons (Fsp3) is 0.667. The summed E-state index contributed by atoms with van der Waals surface area (Å²) in [6, 6.07) is 8.69. The van der Waals surface area contributed by atoms with Crippen LogP contribution in [0.4, 0.5) is 5.69 Å². The van der Waals surface area contributed by atoms with Crippen LogP contribution in [0.5, 0.6) is 5.75 Å². The van der Waals surface area contributed by atoms with Crippen LogP contribution in [0.2, 0.25) is 0 Å². The van der Waals surface area contributed by atoms with E-state index in [-0.39, 0.29) is 23.5 Å². The van der Waals surface area contributed by atoms with E-state index in [4.69, 9.17) is 4.74 Å². The first-order valence-electron chi connectivity index (χ1n) is 10.1. The van der Waals surface area contributed by atoms with Crippen molar-refractivity contribution >= 4 is 11.6 Å². The molecule has 2 heterocycles. The topological polar surface area (TPSA) is 56.8 Å². The number of carbonyl (C=O) groups excluding carboxylic acids is 1. The number of carbonyl (C=O) groups is 1. The minimum Gasteiger partial charge on any atom is -0.497 e. The second-order valence-electron chi connectivity index (χ2n) is 8.89. The van der Waals surface area contributed by atoms with E-state index in [1.165, 1.54) is 18.5 Å². The summed E-state index contributed by atoms with van der Waals surface area (Å²) in [5, 5.41) is 0. The van der Waals surface area contributed by atoms with Gasteiger partial charge in [-0.1, -0.05) is 0 Å². The van der Waals surface area contributed by atoms with Crippen LogP contribution in [-0.2, 0) is 4.79 Å². The Kier molecular flexibility index (Phi) is 4.80. The van der Waals surface area contributed by atoms with Crippen LogP contribution in [0, 0.1) is 11.8 Å². The quantitative estimate of drug-likeness (QED) is 0.847. The Bertz CT molecular complexity index is 686. The number of hydrogen-bond donors (Lipinski definition) is 2. The number of nitrogens with one attached hydrogen (secondary N) is 2. The van der Waals surface area contributed by atoms with E-state index in [0.717, 1.165) is 25.4 Å². The van der Waals surface area contributed by atoms with E-state index in [9.17, 15) is 4.79 Å². The summed E-state index contributed by atoms with van der Waals surface area (Å²) in [5.74, 6) is 1.87. The predicted octanol–water partition coefficient (Wildman–Crippen LogP) is 2.01. The Hall–Kier alpha value is -1.79. The van der Waals surface area contributed by atoms with E-state index >= 15 is 0 Å². The van der Waals surface area contributed by atoms with Crippen molar-refractivity contribution in [3.8, 4) is 5.75 Å². The molecule has 1 aromatic rings. The van der Waals surface area contributed by atoms with Gasteiger partial charge in [0.25, 0.3) is 0 Å². The lowest BCUT2D eigenvalue weighted by atomic mass is 9.89. The zero-order valence-corrected chi connectivity index (χ0v) is 16.9. The van der Waals surface area contributed by atoms with E-state index in [0.29, 0.717) is 11.8 Å². The van der Waals surface area contributed by atoms with Crippen molar-refractivity contribution in [2.75, 3.05) is 31.6 Å². The van der Waals surface area contributed by atoms with Crippen molar-refractivity contribution in [1.29, 1.82) is 0 Å². The van der Waals surface area contributed by atoms with Gasteiger partial charge in [0.2, 0.25) is 5.91 Å². The molecule has 0 spiro atoms. The monoisotopic (exact) mass is 372 g/mol. The van der Waals surface area contributed by atoms with Gasteiger partial charge in [-0.25, -0.2) is 0 Å². The number of anilines is 1. The Morgan fingerprint density at radius 2 is 1.85 bits per heavy atom. The van der Waals surface area contributed by atoms with Crippen molar-refractivity contribution in [1.82, 2.24) is 15.8 Å².